The predicted octanol–water partition coefficient (Wildman–Crippen LogP) is 2.91. The minimum Gasteiger partial charge on any atom is -0.464 e. The lowest BCUT2D eigenvalue weighted by molar-refractivity contribution is 0.453. The van der Waals surface area contributed by atoms with Crippen LogP contribution in [0.4, 0.5) is 0 Å². The van der Waals surface area contributed by atoms with Crippen molar-refractivity contribution in [2.24, 2.45) is 0 Å². The molecule has 0 unspecified atom stereocenters. The van der Waals surface area contributed by atoms with Gasteiger partial charge in [-0.05, 0) is 36.5 Å². The highest BCUT2D eigenvalue weighted by Gasteiger charge is 2.16. The summed E-state index contributed by atoms with van der Waals surface area (Å²) in [6, 6.07) is 8.58. The van der Waals surface area contributed by atoms with Crippen LogP contribution in [0.2, 0.25) is 0 Å². The molecule has 0 saturated carbocycles. The van der Waals surface area contributed by atoms with E-state index in [0.717, 1.165) is 18.7 Å². The Morgan fingerprint density at radius 1 is 1.13 bits per heavy atom. The van der Waals surface area contributed by atoms with Gasteiger partial charge in [-0.15, -0.1) is 0 Å². The van der Waals surface area contributed by atoms with Gasteiger partial charge in [0.2, 0.25) is 0 Å². The van der Waals surface area contributed by atoms with Crippen LogP contribution in [-0.2, 0) is 0 Å². The molecule has 2 nitrogen and oxygen atoms in total. The lowest BCUT2D eigenvalue weighted by atomic mass is 9.90. The Hall–Kier alpha value is -1.28. The molecule has 1 radical (unpaired) electrons. The lowest BCUT2D eigenvalue weighted by Gasteiger charge is -2.21. The average Bonchev–Trinajstić information content (AvgIpc) is 2.77. The summed E-state index contributed by atoms with van der Waals surface area (Å²) >= 11 is 0. The molecule has 2 heteroatoms. The quantitative estimate of drug-likeness (QED) is 0.695. The van der Waals surface area contributed by atoms with E-state index in [9.17, 15) is 0 Å². The molecular formula is C13H14NO. The number of benzene rings is 1. The Morgan fingerprint density at radius 3 is 2.87 bits per heavy atom. The van der Waals surface area contributed by atoms with E-state index < -0.39 is 0 Å². The summed E-state index contributed by atoms with van der Waals surface area (Å²) in [5.74, 6) is 0.678. The molecule has 1 aromatic heterocycles. The van der Waals surface area contributed by atoms with Crippen LogP contribution in [0.5, 0.6) is 0 Å². The van der Waals surface area contributed by atoms with Gasteiger partial charge in [0.05, 0.1) is 6.26 Å². The molecule has 2 aromatic rings. The normalized spacial score (nSPS) is 18.4. The summed E-state index contributed by atoms with van der Waals surface area (Å²) in [6.07, 6.45) is 4.13. The zero-order valence-corrected chi connectivity index (χ0v) is 8.65. The monoisotopic (exact) mass is 200 g/mol. The molecule has 1 aromatic carbocycles. The van der Waals surface area contributed by atoms with Crippen molar-refractivity contribution in [1.82, 2.24) is 5.32 Å². The van der Waals surface area contributed by atoms with E-state index in [-0.39, 0.29) is 0 Å². The van der Waals surface area contributed by atoms with Crippen molar-refractivity contribution in [3.05, 3.63) is 36.1 Å². The van der Waals surface area contributed by atoms with E-state index >= 15 is 0 Å². The second-order valence-electron chi connectivity index (χ2n) is 4.16. The SMILES string of the molecule is c1cc2ccc(C3CC[N]CC3)cc2o1. The van der Waals surface area contributed by atoms with Gasteiger partial charge in [-0.3, -0.25) is 0 Å². The first-order valence-corrected chi connectivity index (χ1v) is 5.54. The van der Waals surface area contributed by atoms with Crippen molar-refractivity contribution in [3.8, 4) is 0 Å². The lowest BCUT2D eigenvalue weighted by Crippen LogP contribution is -2.20. The van der Waals surface area contributed by atoms with E-state index in [1.54, 1.807) is 6.26 Å². The van der Waals surface area contributed by atoms with Crippen molar-refractivity contribution in [1.29, 1.82) is 0 Å². The van der Waals surface area contributed by atoms with E-state index in [1.165, 1.54) is 23.8 Å². The zero-order valence-electron chi connectivity index (χ0n) is 8.65. The van der Waals surface area contributed by atoms with Gasteiger partial charge >= 0.3 is 0 Å². The second kappa shape index (κ2) is 3.70. The number of fused-ring (bicyclic) bond motifs is 1. The Labute approximate surface area is 89.3 Å². The van der Waals surface area contributed by atoms with Gasteiger partial charge in [-0.25, -0.2) is 5.32 Å². The molecule has 0 spiro atoms. The predicted molar refractivity (Wildman–Crippen MR) is 60.1 cm³/mol. The average molecular weight is 200 g/mol. The molecule has 0 aliphatic carbocycles. The van der Waals surface area contributed by atoms with Crippen LogP contribution < -0.4 is 5.32 Å². The molecule has 2 heterocycles. The summed E-state index contributed by atoms with van der Waals surface area (Å²) in [5, 5.41) is 5.58. The highest BCUT2D eigenvalue weighted by atomic mass is 16.3. The topological polar surface area (TPSA) is 27.2 Å². The van der Waals surface area contributed by atoms with Crippen molar-refractivity contribution in [2.75, 3.05) is 13.1 Å². The first-order chi connectivity index (χ1) is 7.43. The van der Waals surface area contributed by atoms with Gasteiger partial charge in [0.15, 0.2) is 0 Å². The van der Waals surface area contributed by atoms with Crippen LogP contribution in [0.3, 0.4) is 0 Å². The first-order valence-electron chi connectivity index (χ1n) is 5.54. The Morgan fingerprint density at radius 2 is 2.00 bits per heavy atom. The van der Waals surface area contributed by atoms with Crippen LogP contribution in [0.1, 0.15) is 24.3 Å². The van der Waals surface area contributed by atoms with Crippen LogP contribution in [0.15, 0.2) is 34.9 Å². The van der Waals surface area contributed by atoms with Gasteiger partial charge in [0.25, 0.3) is 0 Å². The van der Waals surface area contributed by atoms with Gasteiger partial charge in [-0.1, -0.05) is 12.1 Å². The van der Waals surface area contributed by atoms with E-state index in [4.69, 9.17) is 4.42 Å². The van der Waals surface area contributed by atoms with Gasteiger partial charge in [-0.2, -0.15) is 0 Å². The molecule has 1 aliphatic rings. The summed E-state index contributed by atoms with van der Waals surface area (Å²) in [6.45, 7) is 2.03. The zero-order chi connectivity index (χ0) is 10.1. The Balaban J connectivity index is 1.95. The van der Waals surface area contributed by atoms with E-state index in [0.29, 0.717) is 5.92 Å². The highest BCUT2D eigenvalue weighted by Crippen LogP contribution is 2.28. The van der Waals surface area contributed by atoms with Gasteiger partial charge in [0.1, 0.15) is 5.58 Å². The largest absolute Gasteiger partial charge is 0.464 e. The molecule has 15 heavy (non-hydrogen) atoms. The summed E-state index contributed by atoms with van der Waals surface area (Å²) in [5.41, 5.74) is 2.42. The minimum atomic E-state index is 0.678. The fourth-order valence-corrected chi connectivity index (χ4v) is 2.31. The molecule has 1 saturated heterocycles. The maximum Gasteiger partial charge on any atom is 0.134 e. The number of rotatable bonds is 1. The maximum atomic E-state index is 5.43. The number of furan rings is 1. The molecule has 3 rings (SSSR count). The molecule has 0 bridgehead atoms. The fraction of sp³-hybridized carbons (Fsp3) is 0.385. The summed E-state index contributed by atoms with van der Waals surface area (Å²) in [7, 11) is 0. The Bertz CT molecular complexity index is 454. The third kappa shape index (κ3) is 1.65. The van der Waals surface area contributed by atoms with E-state index in [1.807, 2.05) is 6.07 Å². The summed E-state index contributed by atoms with van der Waals surface area (Å²) in [4.78, 5) is 0. The van der Waals surface area contributed by atoms with Crippen molar-refractivity contribution < 1.29 is 4.42 Å². The van der Waals surface area contributed by atoms with E-state index in [2.05, 4.69) is 23.5 Å². The third-order valence-corrected chi connectivity index (χ3v) is 3.22. The van der Waals surface area contributed by atoms with Crippen LogP contribution >= 0.6 is 0 Å². The molecule has 0 atom stereocenters. The molecule has 1 aliphatic heterocycles. The van der Waals surface area contributed by atoms with Crippen LogP contribution in [0, 0.1) is 0 Å². The van der Waals surface area contributed by atoms with Gasteiger partial charge in [0, 0.05) is 18.5 Å². The second-order valence-corrected chi connectivity index (χ2v) is 4.16. The highest BCUT2D eigenvalue weighted by molar-refractivity contribution is 5.77. The van der Waals surface area contributed by atoms with Crippen molar-refractivity contribution in [2.45, 2.75) is 18.8 Å². The first kappa shape index (κ1) is 8.98. The molecular weight excluding hydrogens is 186 g/mol. The maximum absolute atomic E-state index is 5.43. The van der Waals surface area contributed by atoms with Crippen molar-refractivity contribution in [3.63, 3.8) is 0 Å². The number of hydrogen-bond acceptors (Lipinski definition) is 1. The molecule has 1 fully saturated rings. The molecule has 77 valence electrons. The summed E-state index contributed by atoms with van der Waals surface area (Å²) < 4.78 is 5.43. The van der Waals surface area contributed by atoms with Crippen molar-refractivity contribution >= 4 is 11.0 Å². The minimum absolute atomic E-state index is 0.678. The third-order valence-electron chi connectivity index (χ3n) is 3.22. The van der Waals surface area contributed by atoms with Crippen LogP contribution in [-0.4, -0.2) is 13.1 Å². The fourth-order valence-electron chi connectivity index (χ4n) is 2.31. The standard InChI is InChI=1S/C13H14NO/c1-2-12(10-3-6-14-7-4-10)9-13-11(1)5-8-15-13/h1-2,5,8-10H,3-4,6-7H2. The molecule has 0 N–H and O–H groups in total. The Kier molecular flexibility index (Phi) is 2.22. The van der Waals surface area contributed by atoms with Crippen LogP contribution in [0.25, 0.3) is 11.0 Å². The smallest absolute Gasteiger partial charge is 0.134 e. The number of nitrogens with zero attached hydrogens (tertiary/aromatic N) is 1. The number of piperidine rings is 1. The molecule has 0 amide bonds. The van der Waals surface area contributed by atoms with Gasteiger partial charge < -0.3 is 4.42 Å². The number of hydrogen-bond donors (Lipinski definition) is 0.